The molecule has 1 aliphatic rings. The molecule has 2 heterocycles. The van der Waals surface area contributed by atoms with Crippen molar-refractivity contribution in [3.63, 3.8) is 0 Å². The molecule has 1 fully saturated rings. The summed E-state index contributed by atoms with van der Waals surface area (Å²) < 4.78 is 19.8. The maximum Gasteiger partial charge on any atom is 0.219 e. The predicted octanol–water partition coefficient (Wildman–Crippen LogP) is 3.76. The van der Waals surface area contributed by atoms with Crippen LogP contribution in [-0.4, -0.2) is 82.5 Å². The van der Waals surface area contributed by atoms with E-state index in [0.717, 1.165) is 29.9 Å². The summed E-state index contributed by atoms with van der Waals surface area (Å²) in [7, 11) is 1.64. The van der Waals surface area contributed by atoms with E-state index in [1.54, 1.807) is 25.1 Å². The second kappa shape index (κ2) is 13.2. The molecular weight excluding hydrogens is 508 g/mol. The highest BCUT2D eigenvalue weighted by Gasteiger charge is 2.37. The van der Waals surface area contributed by atoms with E-state index in [-0.39, 0.29) is 19.1 Å². The number of imidazole rings is 1. The second-order valence-electron chi connectivity index (χ2n) is 10.8. The summed E-state index contributed by atoms with van der Waals surface area (Å²) in [5, 5.41) is 11.6. The van der Waals surface area contributed by atoms with Crippen LogP contribution in [0.5, 0.6) is 17.2 Å². The Hall–Kier alpha value is -3.56. The molecule has 0 bridgehead atoms. The normalized spacial score (nSPS) is 17.9. The van der Waals surface area contributed by atoms with Gasteiger partial charge in [-0.05, 0) is 68.1 Å². The Bertz CT molecular complexity index is 1290. The minimum Gasteiger partial charge on any atom is -0.493 e. The Balaban J connectivity index is 1.39. The minimum atomic E-state index is -1.22. The Morgan fingerprint density at radius 1 is 1.02 bits per heavy atom. The fourth-order valence-corrected chi connectivity index (χ4v) is 5.00. The molecule has 4 rings (SSSR count). The van der Waals surface area contributed by atoms with E-state index in [9.17, 15) is 9.90 Å². The van der Waals surface area contributed by atoms with E-state index in [0.29, 0.717) is 50.0 Å². The number of methoxy groups -OCH3 is 1. The van der Waals surface area contributed by atoms with Crippen LogP contribution < -0.4 is 14.2 Å². The number of β-amino-alcohol motifs (C(OH)–C–C–N with tert-alkyl or cyclic N) is 1. The third kappa shape index (κ3) is 7.76. The molecule has 0 unspecified atom stereocenters. The molecule has 9 heteroatoms. The molecule has 2 aromatic carbocycles. The van der Waals surface area contributed by atoms with Gasteiger partial charge >= 0.3 is 0 Å². The van der Waals surface area contributed by atoms with Crippen LogP contribution in [0.15, 0.2) is 48.8 Å². The molecular formula is C31H42N4O5. The van der Waals surface area contributed by atoms with E-state index < -0.39 is 5.60 Å². The average Bonchev–Trinajstić information content (AvgIpc) is 3.25. The van der Waals surface area contributed by atoms with Gasteiger partial charge in [0.2, 0.25) is 5.91 Å². The molecule has 1 atom stereocenters. The lowest BCUT2D eigenvalue weighted by molar-refractivity contribution is -0.132. The van der Waals surface area contributed by atoms with Crippen LogP contribution in [0.2, 0.25) is 0 Å². The van der Waals surface area contributed by atoms with Gasteiger partial charge in [-0.15, -0.1) is 0 Å². The number of carbonyl (C=O) groups is 1. The number of aliphatic hydroxyl groups is 1. The van der Waals surface area contributed by atoms with Gasteiger partial charge in [0, 0.05) is 52.0 Å². The molecule has 0 spiro atoms. The number of aryl methyl sites for hydroxylation is 4. The molecule has 40 heavy (non-hydrogen) atoms. The SMILES string of the molecule is COc1cc(CN2CCN(C(C)=O)C[C@@](O)(COc3ccc(C)c(C)c3)C2)ccc1OCCCn1ccnc1C. The Morgan fingerprint density at radius 2 is 1.85 bits per heavy atom. The quantitative estimate of drug-likeness (QED) is 0.364. The van der Waals surface area contributed by atoms with Crippen molar-refractivity contribution >= 4 is 5.91 Å². The third-order valence-corrected chi connectivity index (χ3v) is 7.48. The number of hydrogen-bond donors (Lipinski definition) is 1. The van der Waals surface area contributed by atoms with Crippen molar-refractivity contribution in [1.29, 1.82) is 0 Å². The van der Waals surface area contributed by atoms with Crippen molar-refractivity contribution in [1.82, 2.24) is 19.4 Å². The van der Waals surface area contributed by atoms with Crippen LogP contribution >= 0.6 is 0 Å². The summed E-state index contributed by atoms with van der Waals surface area (Å²) >= 11 is 0. The van der Waals surface area contributed by atoms with Crippen LogP contribution in [0.1, 0.15) is 35.9 Å². The lowest BCUT2D eigenvalue weighted by Crippen LogP contribution is -2.51. The summed E-state index contributed by atoms with van der Waals surface area (Å²) in [5.74, 6) is 3.01. The number of nitrogens with zero attached hydrogens (tertiary/aromatic N) is 4. The highest BCUT2D eigenvalue weighted by Crippen LogP contribution is 2.29. The van der Waals surface area contributed by atoms with Crippen molar-refractivity contribution in [2.24, 2.45) is 0 Å². The first kappa shape index (κ1) is 29.4. The van der Waals surface area contributed by atoms with E-state index in [2.05, 4.69) is 21.4 Å². The van der Waals surface area contributed by atoms with Crippen molar-refractivity contribution < 1.29 is 24.1 Å². The topological polar surface area (TPSA) is 89.3 Å². The Labute approximate surface area is 237 Å². The summed E-state index contributed by atoms with van der Waals surface area (Å²) in [6.07, 6.45) is 4.63. The summed E-state index contributed by atoms with van der Waals surface area (Å²) in [6, 6.07) is 11.8. The lowest BCUT2D eigenvalue weighted by atomic mass is 10.0. The third-order valence-electron chi connectivity index (χ3n) is 7.48. The molecule has 1 N–H and O–H groups in total. The standard InChI is InChI=1S/C31H42N4O5/c1-23-7-9-28(17-24(23)2)40-22-31(37)20-33(14-15-35(21-31)26(4)36)19-27-8-10-29(30(18-27)38-5)39-16-6-12-34-13-11-32-25(34)3/h7-11,13,17-18,37H,6,12,14-16,19-22H2,1-5H3/t31-/m1/s1. The van der Waals surface area contributed by atoms with Gasteiger partial charge in [0.1, 0.15) is 23.8 Å². The van der Waals surface area contributed by atoms with Crippen molar-refractivity contribution in [2.45, 2.75) is 52.8 Å². The van der Waals surface area contributed by atoms with Crippen LogP contribution in [-0.2, 0) is 17.9 Å². The summed E-state index contributed by atoms with van der Waals surface area (Å²) in [4.78, 5) is 20.4. The second-order valence-corrected chi connectivity index (χ2v) is 10.8. The van der Waals surface area contributed by atoms with Crippen LogP contribution in [0.4, 0.5) is 0 Å². The highest BCUT2D eigenvalue weighted by atomic mass is 16.5. The minimum absolute atomic E-state index is 0.0576. The molecule has 0 aliphatic carbocycles. The Kier molecular flexibility index (Phi) is 9.71. The summed E-state index contributed by atoms with van der Waals surface area (Å²) in [5.41, 5.74) is 2.13. The fourth-order valence-electron chi connectivity index (χ4n) is 5.00. The van der Waals surface area contributed by atoms with E-state index in [1.165, 1.54) is 5.56 Å². The van der Waals surface area contributed by atoms with E-state index in [4.69, 9.17) is 14.2 Å². The smallest absolute Gasteiger partial charge is 0.219 e. The molecule has 1 saturated heterocycles. The maximum absolute atomic E-state index is 12.3. The monoisotopic (exact) mass is 550 g/mol. The molecule has 216 valence electrons. The first-order valence-electron chi connectivity index (χ1n) is 13.8. The number of amides is 1. The van der Waals surface area contributed by atoms with Gasteiger partial charge in [0.05, 0.1) is 20.3 Å². The van der Waals surface area contributed by atoms with Crippen molar-refractivity contribution in [3.05, 3.63) is 71.3 Å². The number of ether oxygens (including phenoxy) is 3. The molecule has 0 saturated carbocycles. The zero-order chi connectivity index (χ0) is 28.7. The number of hydrogen-bond acceptors (Lipinski definition) is 7. The van der Waals surface area contributed by atoms with Gasteiger partial charge in [-0.1, -0.05) is 12.1 Å². The zero-order valence-corrected chi connectivity index (χ0v) is 24.4. The van der Waals surface area contributed by atoms with Gasteiger partial charge in [-0.25, -0.2) is 4.98 Å². The molecule has 1 aliphatic heterocycles. The van der Waals surface area contributed by atoms with Crippen LogP contribution in [0.3, 0.4) is 0 Å². The predicted molar refractivity (Wildman–Crippen MR) is 154 cm³/mol. The number of benzene rings is 2. The van der Waals surface area contributed by atoms with Crippen LogP contribution in [0.25, 0.3) is 0 Å². The Morgan fingerprint density at radius 3 is 2.55 bits per heavy atom. The van der Waals surface area contributed by atoms with Crippen molar-refractivity contribution in [2.75, 3.05) is 46.5 Å². The van der Waals surface area contributed by atoms with Gasteiger partial charge in [-0.3, -0.25) is 9.69 Å². The molecule has 9 nitrogen and oxygen atoms in total. The molecule has 3 aromatic rings. The molecule has 1 aromatic heterocycles. The summed E-state index contributed by atoms with van der Waals surface area (Å²) in [6.45, 7) is 11.5. The van der Waals surface area contributed by atoms with Gasteiger partial charge < -0.3 is 28.8 Å². The van der Waals surface area contributed by atoms with Gasteiger partial charge in [-0.2, -0.15) is 0 Å². The maximum atomic E-state index is 12.3. The van der Waals surface area contributed by atoms with E-state index >= 15 is 0 Å². The fraction of sp³-hybridized carbons (Fsp3) is 0.484. The first-order chi connectivity index (χ1) is 19.2. The number of carbonyl (C=O) groups excluding carboxylic acids is 1. The van der Waals surface area contributed by atoms with Crippen LogP contribution in [0, 0.1) is 20.8 Å². The number of aromatic nitrogens is 2. The molecule has 0 radical (unpaired) electrons. The highest BCUT2D eigenvalue weighted by molar-refractivity contribution is 5.73. The largest absolute Gasteiger partial charge is 0.493 e. The lowest BCUT2D eigenvalue weighted by Gasteiger charge is -2.33. The van der Waals surface area contributed by atoms with Gasteiger partial charge in [0.25, 0.3) is 0 Å². The zero-order valence-electron chi connectivity index (χ0n) is 24.4. The van der Waals surface area contributed by atoms with Crippen molar-refractivity contribution in [3.8, 4) is 17.2 Å². The number of rotatable bonds is 11. The first-order valence-corrected chi connectivity index (χ1v) is 13.8. The average molecular weight is 551 g/mol. The van der Waals surface area contributed by atoms with E-state index in [1.807, 2.05) is 56.4 Å². The molecule has 1 amide bonds. The van der Waals surface area contributed by atoms with Gasteiger partial charge in [0.15, 0.2) is 11.5 Å².